The van der Waals surface area contributed by atoms with Gasteiger partial charge in [-0.1, -0.05) is 45.9 Å². The number of rotatable bonds is 5. The highest BCUT2D eigenvalue weighted by Gasteiger charge is 2.47. The van der Waals surface area contributed by atoms with Gasteiger partial charge in [-0.2, -0.15) is 0 Å². The molecule has 0 saturated carbocycles. The van der Waals surface area contributed by atoms with Crippen LogP contribution < -0.4 is 9.47 Å². The van der Waals surface area contributed by atoms with Crippen molar-refractivity contribution in [3.63, 3.8) is 0 Å². The van der Waals surface area contributed by atoms with Crippen LogP contribution in [0.5, 0.6) is 11.5 Å². The molecule has 5 rings (SSSR count). The predicted octanol–water partition coefficient (Wildman–Crippen LogP) is 6.81. The van der Waals surface area contributed by atoms with Gasteiger partial charge in [-0.25, -0.2) is 4.39 Å². The predicted molar refractivity (Wildman–Crippen MR) is 138 cm³/mol. The lowest BCUT2D eigenvalue weighted by Gasteiger charge is -2.42. The number of Topliss-reactive ketones (excluding diaryl/α,β-unsaturated/α-hetero) is 2. The summed E-state index contributed by atoms with van der Waals surface area (Å²) in [7, 11) is 1.56. The molecule has 0 spiro atoms. The third-order valence-corrected chi connectivity index (χ3v) is 7.41. The van der Waals surface area contributed by atoms with Gasteiger partial charge in [-0.3, -0.25) is 9.59 Å². The van der Waals surface area contributed by atoms with Crippen molar-refractivity contribution in [3.05, 3.63) is 82.1 Å². The third-order valence-electron chi connectivity index (χ3n) is 7.41. The highest BCUT2D eigenvalue weighted by Crippen LogP contribution is 2.53. The molecule has 0 aromatic heterocycles. The Balaban J connectivity index is 1.55. The molecule has 0 radical (unpaired) electrons. The largest absolute Gasteiger partial charge is 0.493 e. The number of ether oxygens (including phenoxy) is 3. The van der Waals surface area contributed by atoms with Gasteiger partial charge in [-0.15, -0.1) is 0 Å². The minimum Gasteiger partial charge on any atom is -0.493 e. The van der Waals surface area contributed by atoms with Gasteiger partial charge in [-0.05, 0) is 46.2 Å². The normalized spacial score (nSPS) is 20.8. The summed E-state index contributed by atoms with van der Waals surface area (Å²) in [5.41, 5.74) is 2.40. The van der Waals surface area contributed by atoms with E-state index in [1.165, 1.54) is 12.1 Å². The first-order valence-electron chi connectivity index (χ1n) is 12.7. The average Bonchev–Trinajstić information content (AvgIpc) is 2.80. The van der Waals surface area contributed by atoms with E-state index in [9.17, 15) is 14.0 Å². The Morgan fingerprint density at radius 1 is 0.838 bits per heavy atom. The van der Waals surface area contributed by atoms with Crippen molar-refractivity contribution < 1.29 is 28.2 Å². The first-order valence-corrected chi connectivity index (χ1v) is 12.7. The van der Waals surface area contributed by atoms with Crippen molar-refractivity contribution in [2.45, 2.75) is 65.9 Å². The van der Waals surface area contributed by atoms with Crippen molar-refractivity contribution in [2.24, 2.45) is 10.8 Å². The van der Waals surface area contributed by atoms with E-state index in [2.05, 4.69) is 27.7 Å². The summed E-state index contributed by atoms with van der Waals surface area (Å²) in [4.78, 5) is 27.0. The highest BCUT2D eigenvalue weighted by molar-refractivity contribution is 6.06. The van der Waals surface area contributed by atoms with E-state index in [1.807, 2.05) is 18.2 Å². The SMILES string of the molecule is COc1cc(C2C3=C(CC(C)(C)CC3=O)OC3=C2C(=O)CC(C)(C)C3)ccc1OCc1ccc(F)cc1. The lowest BCUT2D eigenvalue weighted by molar-refractivity contribution is -0.120. The van der Waals surface area contributed by atoms with Crippen LogP contribution in [0.3, 0.4) is 0 Å². The number of methoxy groups -OCH3 is 1. The number of ketones is 2. The maximum atomic E-state index is 13.5. The molecule has 0 atom stereocenters. The first-order chi connectivity index (χ1) is 17.5. The Labute approximate surface area is 217 Å². The topological polar surface area (TPSA) is 61.8 Å². The fourth-order valence-corrected chi connectivity index (χ4v) is 5.73. The second kappa shape index (κ2) is 9.16. The fraction of sp³-hybridized carbons (Fsp3) is 0.419. The molecule has 6 heteroatoms. The van der Waals surface area contributed by atoms with Gasteiger partial charge in [0.05, 0.1) is 7.11 Å². The van der Waals surface area contributed by atoms with E-state index in [-0.39, 0.29) is 34.8 Å². The molecule has 2 aromatic carbocycles. The summed E-state index contributed by atoms with van der Waals surface area (Å²) in [6.45, 7) is 8.54. The lowest BCUT2D eigenvalue weighted by atomic mass is 9.65. The zero-order chi connectivity index (χ0) is 26.5. The number of halogens is 1. The second-order valence-electron chi connectivity index (χ2n) is 11.9. The first kappa shape index (κ1) is 25.2. The molecule has 1 heterocycles. The Bertz CT molecular complexity index is 1280. The quantitative estimate of drug-likeness (QED) is 0.447. The van der Waals surface area contributed by atoms with E-state index in [4.69, 9.17) is 14.2 Å². The summed E-state index contributed by atoms with van der Waals surface area (Å²) in [5, 5.41) is 0. The Morgan fingerprint density at radius 2 is 1.41 bits per heavy atom. The van der Waals surface area contributed by atoms with Crippen molar-refractivity contribution >= 4 is 11.6 Å². The van der Waals surface area contributed by atoms with Gasteiger partial charge >= 0.3 is 0 Å². The molecule has 0 amide bonds. The van der Waals surface area contributed by atoms with Crippen LogP contribution in [0.25, 0.3) is 0 Å². The summed E-state index contributed by atoms with van der Waals surface area (Å²) >= 11 is 0. The van der Waals surface area contributed by atoms with Gasteiger partial charge in [0.2, 0.25) is 0 Å². The molecule has 5 nitrogen and oxygen atoms in total. The molecule has 194 valence electrons. The van der Waals surface area contributed by atoms with Gasteiger partial charge in [0.15, 0.2) is 23.1 Å². The third kappa shape index (κ3) is 4.94. The van der Waals surface area contributed by atoms with Crippen molar-refractivity contribution in [3.8, 4) is 11.5 Å². The minimum atomic E-state index is -0.494. The van der Waals surface area contributed by atoms with Crippen molar-refractivity contribution in [2.75, 3.05) is 7.11 Å². The van der Waals surface area contributed by atoms with Gasteiger partial charge in [0.1, 0.15) is 23.9 Å². The lowest BCUT2D eigenvalue weighted by Crippen LogP contribution is -2.37. The van der Waals surface area contributed by atoms with Crippen LogP contribution >= 0.6 is 0 Å². The summed E-state index contributed by atoms with van der Waals surface area (Å²) in [6.07, 6.45) is 2.10. The minimum absolute atomic E-state index is 0.0241. The molecule has 0 bridgehead atoms. The van der Waals surface area contributed by atoms with Crippen LogP contribution in [-0.2, 0) is 20.9 Å². The number of hydrogen-bond donors (Lipinski definition) is 0. The van der Waals surface area contributed by atoms with Crippen LogP contribution in [0.15, 0.2) is 65.1 Å². The maximum Gasteiger partial charge on any atom is 0.163 e. The Kier molecular flexibility index (Phi) is 6.25. The van der Waals surface area contributed by atoms with Crippen molar-refractivity contribution in [1.29, 1.82) is 0 Å². The molecule has 3 aliphatic rings. The number of carbonyl (C=O) groups is 2. The summed E-state index contributed by atoms with van der Waals surface area (Å²) in [5.74, 6) is 1.65. The zero-order valence-electron chi connectivity index (χ0n) is 22.1. The Morgan fingerprint density at radius 3 is 1.95 bits per heavy atom. The summed E-state index contributed by atoms with van der Waals surface area (Å²) in [6, 6.07) is 11.7. The monoisotopic (exact) mass is 504 g/mol. The molecule has 2 aromatic rings. The standard InChI is InChI=1S/C31H33FO5/c1-30(2)13-21(33)28-25(15-30)37-26-16-31(3,4)14-22(34)29(26)27(28)19-8-11-23(24(12-19)35-5)36-17-18-6-9-20(32)10-7-18/h6-12,27H,13-17H2,1-5H3. The van der Waals surface area contributed by atoms with Crippen molar-refractivity contribution in [1.82, 2.24) is 0 Å². The molecule has 2 aliphatic carbocycles. The van der Waals surface area contributed by atoms with Crippen LogP contribution in [0, 0.1) is 16.6 Å². The number of allylic oxidation sites excluding steroid dienone is 4. The van der Waals surface area contributed by atoms with Crippen LogP contribution in [-0.4, -0.2) is 18.7 Å². The van der Waals surface area contributed by atoms with E-state index < -0.39 is 5.92 Å². The Hall–Kier alpha value is -3.41. The molecule has 1 aliphatic heterocycles. The number of carbonyl (C=O) groups excluding carboxylic acids is 2. The second-order valence-corrected chi connectivity index (χ2v) is 11.9. The van der Waals surface area contributed by atoms with E-state index in [1.54, 1.807) is 19.2 Å². The highest BCUT2D eigenvalue weighted by atomic mass is 19.1. The summed E-state index contributed by atoms with van der Waals surface area (Å²) < 4.78 is 31.2. The zero-order valence-corrected chi connectivity index (χ0v) is 22.1. The van der Waals surface area contributed by atoms with E-state index in [0.717, 1.165) is 11.1 Å². The number of hydrogen-bond acceptors (Lipinski definition) is 5. The number of benzene rings is 2. The van der Waals surface area contributed by atoms with Gasteiger partial charge in [0, 0.05) is 42.7 Å². The molecule has 37 heavy (non-hydrogen) atoms. The van der Waals surface area contributed by atoms with Crippen LogP contribution in [0.2, 0.25) is 0 Å². The molecule has 0 fully saturated rings. The van der Waals surface area contributed by atoms with Gasteiger partial charge < -0.3 is 14.2 Å². The smallest absolute Gasteiger partial charge is 0.163 e. The maximum absolute atomic E-state index is 13.5. The molecule has 0 saturated heterocycles. The van der Waals surface area contributed by atoms with Crippen LogP contribution in [0.4, 0.5) is 4.39 Å². The molecular formula is C31H33FO5. The average molecular weight is 505 g/mol. The van der Waals surface area contributed by atoms with Crippen LogP contribution in [0.1, 0.15) is 70.4 Å². The molecule has 0 unspecified atom stereocenters. The van der Waals surface area contributed by atoms with E-state index in [0.29, 0.717) is 59.8 Å². The molecule has 0 N–H and O–H groups in total. The van der Waals surface area contributed by atoms with E-state index >= 15 is 0 Å². The molecular weight excluding hydrogens is 471 g/mol. The fourth-order valence-electron chi connectivity index (χ4n) is 5.73. The van der Waals surface area contributed by atoms with Gasteiger partial charge in [0.25, 0.3) is 0 Å².